The van der Waals surface area contributed by atoms with Gasteiger partial charge in [-0.2, -0.15) is 0 Å². The Labute approximate surface area is 206 Å². The zero-order chi connectivity index (χ0) is 24.4. The molecule has 5 rings (SSSR count). The van der Waals surface area contributed by atoms with Crippen LogP contribution in [-0.2, 0) is 16.0 Å². The largest absolute Gasteiger partial charge is 0.481 e. The number of carbonyl (C=O) groups excluding carboxylic acids is 2. The van der Waals surface area contributed by atoms with Crippen LogP contribution in [0.15, 0.2) is 42.5 Å². The van der Waals surface area contributed by atoms with Crippen molar-refractivity contribution in [3.8, 4) is 5.75 Å². The van der Waals surface area contributed by atoms with Gasteiger partial charge in [0.05, 0.1) is 6.04 Å². The first kappa shape index (κ1) is 23.8. The predicted molar refractivity (Wildman–Crippen MR) is 132 cm³/mol. The van der Waals surface area contributed by atoms with Crippen molar-refractivity contribution < 1.29 is 18.7 Å². The van der Waals surface area contributed by atoms with Crippen molar-refractivity contribution in [2.45, 2.75) is 51.2 Å². The molecule has 0 spiro atoms. The van der Waals surface area contributed by atoms with Gasteiger partial charge in [-0.15, -0.1) is 0 Å². The van der Waals surface area contributed by atoms with Gasteiger partial charge in [-0.25, -0.2) is 4.39 Å². The number of ether oxygens (including phenoxy) is 1. The number of benzene rings is 2. The summed E-state index contributed by atoms with van der Waals surface area (Å²) in [5.74, 6) is 0.429. The van der Waals surface area contributed by atoms with E-state index in [0.717, 1.165) is 55.6 Å². The van der Waals surface area contributed by atoms with E-state index >= 15 is 0 Å². The molecule has 2 aromatic carbocycles. The van der Waals surface area contributed by atoms with Crippen LogP contribution in [-0.4, -0.2) is 60.4 Å². The molecule has 2 fully saturated rings. The number of hydrogen-bond acceptors (Lipinski definition) is 4. The Morgan fingerprint density at radius 1 is 1.09 bits per heavy atom. The summed E-state index contributed by atoms with van der Waals surface area (Å²) >= 11 is 0. The van der Waals surface area contributed by atoms with Crippen molar-refractivity contribution in [1.29, 1.82) is 0 Å². The molecule has 0 bridgehead atoms. The number of rotatable bonds is 8. The van der Waals surface area contributed by atoms with Crippen molar-refractivity contribution in [2.75, 3.05) is 32.7 Å². The molecule has 1 saturated heterocycles. The minimum Gasteiger partial charge on any atom is -0.481 e. The van der Waals surface area contributed by atoms with Crippen LogP contribution in [0.5, 0.6) is 5.75 Å². The predicted octanol–water partition coefficient (Wildman–Crippen LogP) is 3.69. The summed E-state index contributed by atoms with van der Waals surface area (Å²) in [5.41, 5.74) is 3.01. The molecule has 2 atom stereocenters. The maximum absolute atomic E-state index is 13.7. The second-order valence-electron chi connectivity index (χ2n) is 9.97. The molecule has 2 aliphatic heterocycles. The standard InChI is InChI=1S/C28H34FN3O3/c1-19(27(33)30-13-17-31-14-2-3-15-31)35-24-11-8-20-12-16-32(28(34)22-4-5-22)26(25(20)18-24)21-6-9-23(29)10-7-21/h6-11,18-19,22,26H,2-5,12-17H2,1H3,(H,30,33)/t19-,26+/m1/s1. The lowest BCUT2D eigenvalue weighted by Gasteiger charge is -2.38. The molecule has 0 unspecified atom stereocenters. The molecule has 1 aliphatic carbocycles. The third-order valence-electron chi connectivity index (χ3n) is 7.35. The van der Waals surface area contributed by atoms with Gasteiger partial charge in [-0.1, -0.05) is 18.2 Å². The number of carbonyl (C=O) groups is 2. The van der Waals surface area contributed by atoms with Gasteiger partial charge >= 0.3 is 0 Å². The molecule has 2 aromatic rings. The maximum atomic E-state index is 13.7. The lowest BCUT2D eigenvalue weighted by Crippen LogP contribution is -2.41. The molecular formula is C28H34FN3O3. The molecule has 1 saturated carbocycles. The first-order valence-corrected chi connectivity index (χ1v) is 12.8. The third kappa shape index (κ3) is 5.50. The second kappa shape index (κ2) is 10.4. The number of likely N-dealkylation sites (tertiary alicyclic amines) is 1. The molecule has 0 aromatic heterocycles. The van der Waals surface area contributed by atoms with Crippen LogP contribution in [0.3, 0.4) is 0 Å². The van der Waals surface area contributed by atoms with E-state index in [2.05, 4.69) is 10.2 Å². The van der Waals surface area contributed by atoms with Gasteiger partial charge in [0.25, 0.3) is 5.91 Å². The summed E-state index contributed by atoms with van der Waals surface area (Å²) in [7, 11) is 0. The number of amides is 2. The Hall–Kier alpha value is -2.93. The molecule has 35 heavy (non-hydrogen) atoms. The van der Waals surface area contributed by atoms with Crippen LogP contribution in [0.4, 0.5) is 4.39 Å². The van der Waals surface area contributed by atoms with Crippen LogP contribution in [0.25, 0.3) is 0 Å². The van der Waals surface area contributed by atoms with Gasteiger partial charge in [-0.3, -0.25) is 9.59 Å². The molecule has 2 heterocycles. The second-order valence-corrected chi connectivity index (χ2v) is 9.97. The zero-order valence-corrected chi connectivity index (χ0v) is 20.3. The molecule has 7 heteroatoms. The van der Waals surface area contributed by atoms with Crippen molar-refractivity contribution in [1.82, 2.24) is 15.1 Å². The van der Waals surface area contributed by atoms with Crippen LogP contribution in [0, 0.1) is 11.7 Å². The van der Waals surface area contributed by atoms with E-state index in [1.807, 2.05) is 23.1 Å². The van der Waals surface area contributed by atoms with Crippen LogP contribution < -0.4 is 10.1 Å². The van der Waals surface area contributed by atoms with E-state index in [1.54, 1.807) is 19.1 Å². The summed E-state index contributed by atoms with van der Waals surface area (Å²) in [6, 6.07) is 12.0. The van der Waals surface area contributed by atoms with E-state index < -0.39 is 6.10 Å². The van der Waals surface area contributed by atoms with Gasteiger partial charge in [0.2, 0.25) is 5.91 Å². The van der Waals surface area contributed by atoms with Crippen molar-refractivity contribution in [2.24, 2.45) is 5.92 Å². The highest BCUT2D eigenvalue weighted by molar-refractivity contribution is 5.82. The quantitative estimate of drug-likeness (QED) is 0.627. The van der Waals surface area contributed by atoms with E-state index in [-0.39, 0.29) is 29.6 Å². The highest BCUT2D eigenvalue weighted by atomic mass is 19.1. The Kier molecular flexibility index (Phi) is 7.04. The number of halogens is 1. The summed E-state index contributed by atoms with van der Waals surface area (Å²) < 4.78 is 19.7. The first-order valence-electron chi connectivity index (χ1n) is 12.8. The van der Waals surface area contributed by atoms with E-state index in [4.69, 9.17) is 4.74 Å². The van der Waals surface area contributed by atoms with Gasteiger partial charge in [0.1, 0.15) is 11.6 Å². The van der Waals surface area contributed by atoms with Crippen LogP contribution in [0.1, 0.15) is 55.3 Å². The highest BCUT2D eigenvalue weighted by Crippen LogP contribution is 2.41. The third-order valence-corrected chi connectivity index (χ3v) is 7.35. The van der Waals surface area contributed by atoms with Gasteiger partial charge < -0.3 is 19.9 Å². The molecule has 2 amide bonds. The van der Waals surface area contributed by atoms with Crippen molar-refractivity contribution in [3.63, 3.8) is 0 Å². The maximum Gasteiger partial charge on any atom is 0.260 e. The minimum absolute atomic E-state index is 0.100. The number of nitrogens with zero attached hydrogens (tertiary/aromatic N) is 2. The smallest absolute Gasteiger partial charge is 0.260 e. The molecule has 6 nitrogen and oxygen atoms in total. The minimum atomic E-state index is -0.635. The van der Waals surface area contributed by atoms with Crippen molar-refractivity contribution in [3.05, 3.63) is 65.0 Å². The van der Waals surface area contributed by atoms with E-state index in [9.17, 15) is 14.0 Å². The molecule has 186 valence electrons. The molecular weight excluding hydrogens is 445 g/mol. The fraction of sp³-hybridized carbons (Fsp3) is 0.500. The topological polar surface area (TPSA) is 61.9 Å². The molecule has 3 aliphatic rings. The van der Waals surface area contributed by atoms with Crippen molar-refractivity contribution >= 4 is 11.8 Å². The average Bonchev–Trinajstić information content (AvgIpc) is 3.59. The zero-order valence-electron chi connectivity index (χ0n) is 20.3. The van der Waals surface area contributed by atoms with E-state index in [0.29, 0.717) is 18.8 Å². The average molecular weight is 480 g/mol. The summed E-state index contributed by atoms with van der Waals surface area (Å²) in [4.78, 5) is 30.0. The monoisotopic (exact) mass is 479 g/mol. The Morgan fingerprint density at radius 2 is 1.83 bits per heavy atom. The van der Waals surface area contributed by atoms with Crippen LogP contribution >= 0.6 is 0 Å². The van der Waals surface area contributed by atoms with Gasteiger partial charge in [0, 0.05) is 25.6 Å². The first-order chi connectivity index (χ1) is 17.0. The summed E-state index contributed by atoms with van der Waals surface area (Å²) in [6.07, 6.45) is 4.46. The Morgan fingerprint density at radius 3 is 2.54 bits per heavy atom. The molecule has 1 N–H and O–H groups in total. The SMILES string of the molecule is C[C@@H](Oc1ccc2c(c1)[C@H](c1ccc(F)cc1)N(C(=O)C1CC1)CC2)C(=O)NCCN1CCCC1. The number of fused-ring (bicyclic) bond motifs is 1. The van der Waals surface area contributed by atoms with Crippen LogP contribution in [0.2, 0.25) is 0 Å². The lowest BCUT2D eigenvalue weighted by molar-refractivity contribution is -0.134. The lowest BCUT2D eigenvalue weighted by atomic mass is 9.87. The van der Waals surface area contributed by atoms with E-state index in [1.165, 1.54) is 25.0 Å². The summed E-state index contributed by atoms with van der Waals surface area (Å²) in [6.45, 7) is 6.08. The normalized spacial score (nSPS) is 20.9. The highest BCUT2D eigenvalue weighted by Gasteiger charge is 2.39. The Balaban J connectivity index is 1.32. The Bertz CT molecular complexity index is 1060. The fourth-order valence-corrected chi connectivity index (χ4v) is 5.22. The molecule has 0 radical (unpaired) electrons. The van der Waals surface area contributed by atoms with Gasteiger partial charge in [-0.05, 0) is 93.1 Å². The fourth-order valence-electron chi connectivity index (χ4n) is 5.22. The number of nitrogens with one attached hydrogen (secondary N) is 1. The number of hydrogen-bond donors (Lipinski definition) is 1. The summed E-state index contributed by atoms with van der Waals surface area (Å²) in [5, 5.41) is 2.98. The van der Waals surface area contributed by atoms with Gasteiger partial charge in [0.15, 0.2) is 6.10 Å².